The van der Waals surface area contributed by atoms with Crippen molar-refractivity contribution in [3.8, 4) is 0 Å². The van der Waals surface area contributed by atoms with E-state index in [4.69, 9.17) is 0 Å². The molecule has 2 amide bonds. The molecule has 1 aliphatic heterocycles. The number of benzene rings is 2. The molecule has 0 spiro atoms. The zero-order valence-electron chi connectivity index (χ0n) is 16.2. The van der Waals surface area contributed by atoms with E-state index in [2.05, 4.69) is 19.2 Å². The molecule has 1 saturated heterocycles. The molecule has 1 aliphatic rings. The molecule has 2 aromatic rings. The van der Waals surface area contributed by atoms with E-state index in [0.29, 0.717) is 25.6 Å². The fourth-order valence-corrected chi connectivity index (χ4v) is 3.47. The van der Waals surface area contributed by atoms with Gasteiger partial charge in [-0.15, -0.1) is 0 Å². The molecule has 142 valence electrons. The first-order chi connectivity index (χ1) is 13.0. The Bertz CT molecular complexity index is 761. The number of nitrogens with one attached hydrogen (secondary N) is 1. The molecule has 0 bridgehead atoms. The molecule has 4 nitrogen and oxygen atoms in total. The molecule has 0 radical (unpaired) electrons. The van der Waals surface area contributed by atoms with E-state index in [9.17, 15) is 9.59 Å². The van der Waals surface area contributed by atoms with Crippen LogP contribution >= 0.6 is 0 Å². The molecule has 1 N–H and O–H groups in total. The van der Waals surface area contributed by atoms with E-state index in [1.165, 1.54) is 5.56 Å². The van der Waals surface area contributed by atoms with Crippen LogP contribution in [-0.2, 0) is 11.3 Å². The first-order valence-corrected chi connectivity index (χ1v) is 9.75. The van der Waals surface area contributed by atoms with Crippen molar-refractivity contribution in [3.05, 3.63) is 71.3 Å². The second-order valence-corrected chi connectivity index (χ2v) is 7.55. The molecule has 27 heavy (non-hydrogen) atoms. The number of hydrogen-bond donors (Lipinski definition) is 1. The fourth-order valence-electron chi connectivity index (χ4n) is 3.47. The van der Waals surface area contributed by atoms with E-state index >= 15 is 0 Å². The van der Waals surface area contributed by atoms with Gasteiger partial charge in [-0.25, -0.2) is 0 Å². The lowest BCUT2D eigenvalue weighted by molar-refractivity contribution is -0.126. The number of rotatable bonds is 5. The van der Waals surface area contributed by atoms with Crippen molar-refractivity contribution >= 4 is 11.8 Å². The van der Waals surface area contributed by atoms with E-state index in [0.717, 1.165) is 24.0 Å². The SMILES string of the molecule is CC(C)c1ccc(C(=O)N2CCC(C(=O)NCc3ccccc3)CC2)cc1. The van der Waals surface area contributed by atoms with Crippen LogP contribution in [0.3, 0.4) is 0 Å². The van der Waals surface area contributed by atoms with E-state index in [1.807, 2.05) is 59.5 Å². The lowest BCUT2D eigenvalue weighted by Crippen LogP contribution is -2.42. The van der Waals surface area contributed by atoms with E-state index < -0.39 is 0 Å². The number of carbonyl (C=O) groups excluding carboxylic acids is 2. The van der Waals surface area contributed by atoms with Crippen LogP contribution in [0.2, 0.25) is 0 Å². The minimum atomic E-state index is -0.0129. The van der Waals surface area contributed by atoms with Gasteiger partial charge in [0.2, 0.25) is 5.91 Å². The average Bonchev–Trinajstić information content (AvgIpc) is 2.72. The second-order valence-electron chi connectivity index (χ2n) is 7.55. The predicted molar refractivity (Wildman–Crippen MR) is 107 cm³/mol. The topological polar surface area (TPSA) is 49.4 Å². The van der Waals surface area contributed by atoms with Gasteiger partial charge in [0, 0.05) is 31.1 Å². The highest BCUT2D eigenvalue weighted by Gasteiger charge is 2.27. The molecular formula is C23H28N2O2. The Morgan fingerprint density at radius 1 is 1.00 bits per heavy atom. The Morgan fingerprint density at radius 2 is 1.63 bits per heavy atom. The summed E-state index contributed by atoms with van der Waals surface area (Å²) in [6.07, 6.45) is 1.44. The molecule has 1 heterocycles. The highest BCUT2D eigenvalue weighted by molar-refractivity contribution is 5.94. The van der Waals surface area contributed by atoms with Crippen molar-refractivity contribution in [2.75, 3.05) is 13.1 Å². The molecule has 0 aromatic heterocycles. The fraction of sp³-hybridized carbons (Fsp3) is 0.391. The number of likely N-dealkylation sites (tertiary alicyclic amines) is 1. The van der Waals surface area contributed by atoms with Gasteiger partial charge in [0.25, 0.3) is 5.91 Å². The third kappa shape index (κ3) is 4.97. The maximum absolute atomic E-state index is 12.7. The van der Waals surface area contributed by atoms with Gasteiger partial charge in [0.15, 0.2) is 0 Å². The van der Waals surface area contributed by atoms with Crippen molar-refractivity contribution in [1.82, 2.24) is 10.2 Å². The van der Waals surface area contributed by atoms with Gasteiger partial charge in [-0.05, 0) is 42.0 Å². The molecule has 0 atom stereocenters. The number of piperidine rings is 1. The quantitative estimate of drug-likeness (QED) is 0.872. The monoisotopic (exact) mass is 364 g/mol. The number of amides is 2. The molecule has 0 saturated carbocycles. The average molecular weight is 364 g/mol. The van der Waals surface area contributed by atoms with Crippen LogP contribution in [0, 0.1) is 5.92 Å². The minimum absolute atomic E-state index is 0.0129. The van der Waals surface area contributed by atoms with Crippen LogP contribution in [-0.4, -0.2) is 29.8 Å². The predicted octanol–water partition coefficient (Wildman–Crippen LogP) is 3.98. The zero-order chi connectivity index (χ0) is 19.2. The van der Waals surface area contributed by atoms with Gasteiger partial charge >= 0.3 is 0 Å². The second kappa shape index (κ2) is 8.85. The van der Waals surface area contributed by atoms with Crippen LogP contribution in [0.15, 0.2) is 54.6 Å². The molecule has 4 heteroatoms. The van der Waals surface area contributed by atoms with Gasteiger partial charge in [0.1, 0.15) is 0 Å². The third-order valence-electron chi connectivity index (χ3n) is 5.29. The number of hydrogen-bond acceptors (Lipinski definition) is 2. The maximum atomic E-state index is 12.7. The summed E-state index contributed by atoms with van der Waals surface area (Å²) in [6, 6.07) is 17.8. The molecule has 3 rings (SSSR count). The normalized spacial score (nSPS) is 15.0. The Balaban J connectivity index is 1.49. The highest BCUT2D eigenvalue weighted by atomic mass is 16.2. The maximum Gasteiger partial charge on any atom is 0.253 e. The van der Waals surface area contributed by atoms with Gasteiger partial charge in [-0.1, -0.05) is 56.3 Å². The Labute approximate surface area is 161 Å². The van der Waals surface area contributed by atoms with Crippen LogP contribution in [0.1, 0.15) is 54.1 Å². The molecule has 1 fully saturated rings. The van der Waals surface area contributed by atoms with Gasteiger partial charge in [-0.2, -0.15) is 0 Å². The zero-order valence-corrected chi connectivity index (χ0v) is 16.2. The Hall–Kier alpha value is -2.62. The van der Waals surface area contributed by atoms with Crippen molar-refractivity contribution in [2.24, 2.45) is 5.92 Å². The van der Waals surface area contributed by atoms with Crippen LogP contribution in [0.5, 0.6) is 0 Å². The molecule has 2 aromatic carbocycles. The lowest BCUT2D eigenvalue weighted by atomic mass is 9.95. The summed E-state index contributed by atoms with van der Waals surface area (Å²) in [6.45, 7) is 6.11. The summed E-state index contributed by atoms with van der Waals surface area (Å²) >= 11 is 0. The van der Waals surface area contributed by atoms with Crippen molar-refractivity contribution in [2.45, 2.75) is 39.2 Å². The van der Waals surface area contributed by atoms with E-state index in [1.54, 1.807) is 0 Å². The van der Waals surface area contributed by atoms with E-state index in [-0.39, 0.29) is 17.7 Å². The molecule has 0 aliphatic carbocycles. The summed E-state index contributed by atoms with van der Waals surface area (Å²) < 4.78 is 0. The van der Waals surface area contributed by atoms with Crippen LogP contribution in [0.4, 0.5) is 0 Å². The lowest BCUT2D eigenvalue weighted by Gasteiger charge is -2.31. The van der Waals surface area contributed by atoms with Gasteiger partial charge in [-0.3, -0.25) is 9.59 Å². The Kier molecular flexibility index (Phi) is 6.28. The molecular weight excluding hydrogens is 336 g/mol. The Morgan fingerprint density at radius 3 is 2.22 bits per heavy atom. The van der Waals surface area contributed by atoms with Crippen molar-refractivity contribution in [3.63, 3.8) is 0 Å². The van der Waals surface area contributed by atoms with Crippen LogP contribution in [0.25, 0.3) is 0 Å². The summed E-state index contributed by atoms with van der Waals surface area (Å²) in [5.74, 6) is 0.598. The highest BCUT2D eigenvalue weighted by Crippen LogP contribution is 2.21. The first kappa shape index (κ1) is 19.2. The van der Waals surface area contributed by atoms with Crippen molar-refractivity contribution < 1.29 is 9.59 Å². The smallest absolute Gasteiger partial charge is 0.253 e. The largest absolute Gasteiger partial charge is 0.352 e. The van der Waals surface area contributed by atoms with Crippen molar-refractivity contribution in [1.29, 1.82) is 0 Å². The number of nitrogens with zero attached hydrogens (tertiary/aromatic N) is 1. The first-order valence-electron chi connectivity index (χ1n) is 9.75. The standard InChI is InChI=1S/C23H28N2O2/c1-17(2)19-8-10-21(11-9-19)23(27)25-14-12-20(13-15-25)22(26)24-16-18-6-4-3-5-7-18/h3-11,17,20H,12-16H2,1-2H3,(H,24,26). The minimum Gasteiger partial charge on any atom is -0.352 e. The summed E-state index contributed by atoms with van der Waals surface area (Å²) in [5.41, 5.74) is 3.06. The summed E-state index contributed by atoms with van der Waals surface area (Å²) in [5, 5.41) is 3.02. The number of carbonyl (C=O) groups is 2. The van der Waals surface area contributed by atoms with Gasteiger partial charge < -0.3 is 10.2 Å². The summed E-state index contributed by atoms with van der Waals surface area (Å²) in [4.78, 5) is 27.0. The summed E-state index contributed by atoms with van der Waals surface area (Å²) in [7, 11) is 0. The van der Waals surface area contributed by atoms with Crippen LogP contribution < -0.4 is 5.32 Å². The van der Waals surface area contributed by atoms with Gasteiger partial charge in [0.05, 0.1) is 0 Å². The third-order valence-corrected chi connectivity index (χ3v) is 5.29. The molecule has 0 unspecified atom stereocenters.